The molecule has 2 aromatic heterocycles. The molecule has 0 bridgehead atoms. The molecular weight excluding hydrogens is 482 g/mol. The molecule has 2 heterocycles. The molecule has 8 nitrogen and oxygen atoms in total. The number of fused-ring (bicyclic) bond motifs is 3. The third-order valence-electron chi connectivity index (χ3n) is 5.72. The lowest BCUT2D eigenvalue weighted by Crippen LogP contribution is -2.24. The van der Waals surface area contributed by atoms with Crippen LogP contribution in [0.4, 0.5) is 5.00 Å². The van der Waals surface area contributed by atoms with Crippen LogP contribution in [0.15, 0.2) is 59.8 Å². The minimum absolute atomic E-state index is 0.241. The van der Waals surface area contributed by atoms with Crippen LogP contribution >= 0.6 is 23.1 Å². The van der Waals surface area contributed by atoms with Crippen LogP contribution in [0.25, 0.3) is 16.1 Å². The molecule has 2 aromatic carbocycles. The molecule has 0 saturated heterocycles. The first-order valence-electron chi connectivity index (χ1n) is 11.3. The van der Waals surface area contributed by atoms with Crippen LogP contribution in [0.1, 0.15) is 35.3 Å². The summed E-state index contributed by atoms with van der Waals surface area (Å²) in [6, 6.07) is 17.7. The molecule has 0 radical (unpaired) electrons. The summed E-state index contributed by atoms with van der Waals surface area (Å²) in [6.45, 7) is 3.83. The number of para-hydroxylation sites is 1. The molecular formula is C25H23N5O3S2. The largest absolute Gasteiger partial charge is 0.462 e. The fourth-order valence-electron chi connectivity index (χ4n) is 4.06. The SMILES string of the molecule is CCOC(=O)c1c(NC(=O)C(C)Sc2nnnn2-c2ccccc2)sc2c1CCc1ccccc1-2. The zero-order valence-corrected chi connectivity index (χ0v) is 20.9. The smallest absolute Gasteiger partial charge is 0.341 e. The van der Waals surface area contributed by atoms with Crippen LogP contribution in [-0.4, -0.2) is 43.9 Å². The van der Waals surface area contributed by atoms with Crippen molar-refractivity contribution in [2.45, 2.75) is 37.1 Å². The van der Waals surface area contributed by atoms with Crippen LogP contribution in [0, 0.1) is 0 Å². The molecule has 1 aliphatic rings. The van der Waals surface area contributed by atoms with Gasteiger partial charge in [-0.15, -0.1) is 16.4 Å². The fraction of sp³-hybridized carbons (Fsp3) is 0.240. The summed E-state index contributed by atoms with van der Waals surface area (Å²) in [4.78, 5) is 27.2. The van der Waals surface area contributed by atoms with E-state index in [0.29, 0.717) is 15.7 Å². The lowest BCUT2D eigenvalue weighted by Gasteiger charge is -2.16. The van der Waals surface area contributed by atoms with Crippen molar-refractivity contribution < 1.29 is 14.3 Å². The first-order valence-corrected chi connectivity index (χ1v) is 13.0. The van der Waals surface area contributed by atoms with E-state index in [9.17, 15) is 9.59 Å². The van der Waals surface area contributed by atoms with Gasteiger partial charge in [0.25, 0.3) is 0 Å². The number of nitrogens with one attached hydrogen (secondary N) is 1. The molecule has 1 N–H and O–H groups in total. The van der Waals surface area contributed by atoms with E-state index in [1.54, 1.807) is 18.5 Å². The van der Waals surface area contributed by atoms with Crippen LogP contribution in [0.5, 0.6) is 0 Å². The van der Waals surface area contributed by atoms with Gasteiger partial charge in [0.05, 0.1) is 23.1 Å². The van der Waals surface area contributed by atoms with E-state index >= 15 is 0 Å². The van der Waals surface area contributed by atoms with E-state index in [4.69, 9.17) is 4.74 Å². The molecule has 10 heteroatoms. The zero-order chi connectivity index (χ0) is 24.4. The van der Waals surface area contributed by atoms with Crippen molar-refractivity contribution in [1.82, 2.24) is 20.2 Å². The molecule has 0 spiro atoms. The second-order valence-electron chi connectivity index (χ2n) is 7.95. The number of tetrazole rings is 1. The number of ether oxygens (including phenoxy) is 1. The first-order chi connectivity index (χ1) is 17.1. The van der Waals surface area contributed by atoms with Crippen LogP contribution in [0.2, 0.25) is 0 Å². The lowest BCUT2D eigenvalue weighted by atomic mass is 9.89. The Morgan fingerprint density at radius 1 is 1.14 bits per heavy atom. The summed E-state index contributed by atoms with van der Waals surface area (Å²) in [5.74, 6) is -0.650. The monoisotopic (exact) mass is 505 g/mol. The topological polar surface area (TPSA) is 99.0 Å². The maximum atomic E-state index is 13.2. The Labute approximate surface area is 210 Å². The first kappa shape index (κ1) is 23.3. The van der Waals surface area contributed by atoms with Gasteiger partial charge in [-0.25, -0.2) is 4.79 Å². The minimum Gasteiger partial charge on any atom is -0.462 e. The number of amides is 1. The van der Waals surface area contributed by atoms with E-state index in [1.807, 2.05) is 42.5 Å². The number of benzene rings is 2. The number of aryl methyl sites for hydroxylation is 1. The molecule has 35 heavy (non-hydrogen) atoms. The number of thiophene rings is 1. The number of hydrogen-bond donors (Lipinski definition) is 1. The Morgan fingerprint density at radius 3 is 2.71 bits per heavy atom. The van der Waals surface area contributed by atoms with Gasteiger partial charge in [0.2, 0.25) is 11.1 Å². The van der Waals surface area contributed by atoms with Gasteiger partial charge in [0, 0.05) is 4.88 Å². The van der Waals surface area contributed by atoms with Crippen LogP contribution in [-0.2, 0) is 22.4 Å². The normalized spacial score (nSPS) is 13.0. The van der Waals surface area contributed by atoms with E-state index < -0.39 is 11.2 Å². The van der Waals surface area contributed by atoms with Crippen molar-refractivity contribution in [3.8, 4) is 16.1 Å². The second kappa shape index (κ2) is 10.0. The third kappa shape index (κ3) is 4.59. The van der Waals surface area contributed by atoms with Gasteiger partial charge < -0.3 is 10.1 Å². The molecule has 1 aliphatic carbocycles. The third-order valence-corrected chi connectivity index (χ3v) is 7.94. The molecule has 1 unspecified atom stereocenters. The predicted octanol–water partition coefficient (Wildman–Crippen LogP) is 4.79. The number of rotatable bonds is 7. The van der Waals surface area contributed by atoms with E-state index in [0.717, 1.165) is 34.5 Å². The molecule has 0 fully saturated rings. The summed E-state index contributed by atoms with van der Waals surface area (Å²) in [7, 11) is 0. The second-order valence-corrected chi connectivity index (χ2v) is 10.3. The maximum Gasteiger partial charge on any atom is 0.341 e. The Morgan fingerprint density at radius 2 is 1.91 bits per heavy atom. The molecule has 0 saturated carbocycles. The highest BCUT2D eigenvalue weighted by atomic mass is 32.2. The molecule has 178 valence electrons. The van der Waals surface area contributed by atoms with Crippen LogP contribution < -0.4 is 5.32 Å². The highest BCUT2D eigenvalue weighted by Gasteiger charge is 2.30. The molecule has 0 aliphatic heterocycles. The summed E-state index contributed by atoms with van der Waals surface area (Å²) < 4.78 is 6.95. The Bertz CT molecular complexity index is 1380. The Kier molecular flexibility index (Phi) is 6.65. The molecule has 1 amide bonds. The Hall–Kier alpha value is -3.50. The highest BCUT2D eigenvalue weighted by molar-refractivity contribution is 8.00. The van der Waals surface area contributed by atoms with E-state index in [2.05, 4.69) is 33.0 Å². The van der Waals surface area contributed by atoms with Gasteiger partial charge in [0.1, 0.15) is 5.00 Å². The lowest BCUT2D eigenvalue weighted by molar-refractivity contribution is -0.115. The summed E-state index contributed by atoms with van der Waals surface area (Å²) in [6.07, 6.45) is 1.57. The molecule has 1 atom stereocenters. The van der Waals surface area contributed by atoms with Crippen molar-refractivity contribution in [2.24, 2.45) is 0 Å². The van der Waals surface area contributed by atoms with Gasteiger partial charge in [-0.2, -0.15) is 4.68 Å². The average Bonchev–Trinajstić information content (AvgIpc) is 3.49. The number of nitrogens with zero attached hydrogens (tertiary/aromatic N) is 4. The van der Waals surface area contributed by atoms with Crippen LogP contribution in [0.3, 0.4) is 0 Å². The van der Waals surface area contributed by atoms with Crippen molar-refractivity contribution in [1.29, 1.82) is 0 Å². The predicted molar refractivity (Wildman–Crippen MR) is 136 cm³/mol. The number of carbonyl (C=O) groups is 2. The number of esters is 1. The summed E-state index contributed by atoms with van der Waals surface area (Å²) >= 11 is 2.68. The number of thioether (sulfide) groups is 1. The average molecular weight is 506 g/mol. The number of anilines is 1. The molecule has 4 aromatic rings. The number of hydrogen-bond acceptors (Lipinski definition) is 8. The standard InChI is InChI=1S/C25H23N5O3S2/c1-3-33-24(32)20-19-14-13-16-9-7-8-12-18(16)21(19)35-23(20)26-22(31)15(2)34-25-27-28-29-30(25)17-10-5-4-6-11-17/h4-12,15H,3,13-14H2,1-2H3,(H,26,31). The molecule has 5 rings (SSSR count). The number of aromatic nitrogens is 4. The number of carbonyl (C=O) groups excluding carboxylic acids is 2. The van der Waals surface area contributed by atoms with Gasteiger partial charge >= 0.3 is 5.97 Å². The minimum atomic E-state index is -0.509. The van der Waals surface area contributed by atoms with Gasteiger partial charge in [-0.3, -0.25) is 4.79 Å². The van der Waals surface area contributed by atoms with Crippen molar-refractivity contribution in [3.05, 3.63) is 71.3 Å². The highest BCUT2D eigenvalue weighted by Crippen LogP contribution is 2.45. The zero-order valence-electron chi connectivity index (χ0n) is 19.2. The van der Waals surface area contributed by atoms with E-state index in [-0.39, 0.29) is 12.5 Å². The van der Waals surface area contributed by atoms with Gasteiger partial charge in [-0.1, -0.05) is 54.2 Å². The summed E-state index contributed by atoms with van der Waals surface area (Å²) in [5, 5.41) is 15.4. The van der Waals surface area contributed by atoms with Crippen molar-refractivity contribution >= 4 is 40.0 Å². The van der Waals surface area contributed by atoms with E-state index in [1.165, 1.54) is 28.7 Å². The fourth-order valence-corrected chi connectivity index (χ4v) is 6.17. The quantitative estimate of drug-likeness (QED) is 0.285. The van der Waals surface area contributed by atoms with Crippen molar-refractivity contribution in [2.75, 3.05) is 11.9 Å². The maximum absolute atomic E-state index is 13.2. The van der Waals surface area contributed by atoms with Gasteiger partial charge in [-0.05, 0) is 65.9 Å². The van der Waals surface area contributed by atoms with Crippen molar-refractivity contribution in [3.63, 3.8) is 0 Å². The summed E-state index contributed by atoms with van der Waals surface area (Å²) in [5.41, 5.74) is 4.55. The Balaban J connectivity index is 1.41. The van der Waals surface area contributed by atoms with Gasteiger partial charge in [0.15, 0.2) is 0 Å².